The van der Waals surface area contributed by atoms with E-state index in [1.54, 1.807) is 17.6 Å². The van der Waals surface area contributed by atoms with Gasteiger partial charge in [-0.3, -0.25) is 14.9 Å². The highest BCUT2D eigenvalue weighted by Gasteiger charge is 2.16. The molecule has 1 unspecified atom stereocenters. The summed E-state index contributed by atoms with van der Waals surface area (Å²) in [4.78, 5) is 30.2. The number of carbonyl (C=O) groups is 2. The first-order valence-corrected chi connectivity index (χ1v) is 8.56. The molecule has 2 aromatic heterocycles. The Morgan fingerprint density at radius 1 is 1.50 bits per heavy atom. The van der Waals surface area contributed by atoms with Gasteiger partial charge in [0.2, 0.25) is 0 Å². The van der Waals surface area contributed by atoms with Crippen LogP contribution in [0.1, 0.15) is 23.3 Å². The highest BCUT2D eigenvalue weighted by molar-refractivity contribution is 7.14. The standard InChI is InChI=1S/C15H19N5O3S/c16-14(22)11-4-9(5-18-11)12-8-24-15(19-12)20-13(21)7-23-10-2-1-3-17-6-10/h4-5,8,10,17-18H,1-3,6-7H2,(H2,16,22)(H,19,20,21). The van der Waals surface area contributed by atoms with Crippen LogP contribution in [-0.4, -0.2) is 47.6 Å². The normalized spacial score (nSPS) is 17.6. The molecule has 5 N–H and O–H groups in total. The third-order valence-electron chi connectivity index (χ3n) is 3.70. The molecule has 128 valence electrons. The third-order valence-corrected chi connectivity index (χ3v) is 4.45. The minimum Gasteiger partial charge on any atom is -0.367 e. The minimum atomic E-state index is -0.528. The lowest BCUT2D eigenvalue weighted by molar-refractivity contribution is -0.122. The minimum absolute atomic E-state index is 0.0111. The molecule has 3 heterocycles. The van der Waals surface area contributed by atoms with Crippen LogP contribution < -0.4 is 16.4 Å². The number of primary amides is 1. The fraction of sp³-hybridized carbons (Fsp3) is 0.400. The van der Waals surface area contributed by atoms with Gasteiger partial charge >= 0.3 is 0 Å². The number of carbonyl (C=O) groups excluding carboxylic acids is 2. The maximum atomic E-state index is 11.9. The quantitative estimate of drug-likeness (QED) is 0.618. The smallest absolute Gasteiger partial charge is 0.265 e. The Hall–Kier alpha value is -2.23. The summed E-state index contributed by atoms with van der Waals surface area (Å²) in [5, 5.41) is 8.25. The van der Waals surface area contributed by atoms with E-state index >= 15 is 0 Å². The molecule has 2 aromatic rings. The van der Waals surface area contributed by atoms with Gasteiger partial charge in [0, 0.05) is 23.7 Å². The Balaban J connectivity index is 1.53. The maximum absolute atomic E-state index is 11.9. The van der Waals surface area contributed by atoms with Gasteiger partial charge in [-0.05, 0) is 25.5 Å². The zero-order valence-corrected chi connectivity index (χ0v) is 13.8. The van der Waals surface area contributed by atoms with Crippen molar-refractivity contribution < 1.29 is 14.3 Å². The fourth-order valence-electron chi connectivity index (χ4n) is 2.46. The topological polar surface area (TPSA) is 122 Å². The van der Waals surface area contributed by atoms with Gasteiger partial charge in [0.05, 0.1) is 11.8 Å². The highest BCUT2D eigenvalue weighted by Crippen LogP contribution is 2.25. The molecular weight excluding hydrogens is 330 g/mol. The summed E-state index contributed by atoms with van der Waals surface area (Å²) in [6, 6.07) is 1.63. The summed E-state index contributed by atoms with van der Waals surface area (Å²) in [5.41, 5.74) is 6.93. The Labute approximate surface area is 142 Å². The molecular formula is C15H19N5O3S. The summed E-state index contributed by atoms with van der Waals surface area (Å²) in [7, 11) is 0. The number of aromatic amines is 1. The van der Waals surface area contributed by atoms with Gasteiger partial charge in [-0.25, -0.2) is 4.98 Å². The molecule has 1 aliphatic heterocycles. The number of ether oxygens (including phenoxy) is 1. The zero-order valence-electron chi connectivity index (χ0n) is 13.0. The number of anilines is 1. The molecule has 9 heteroatoms. The van der Waals surface area contributed by atoms with Crippen LogP contribution in [-0.2, 0) is 9.53 Å². The Morgan fingerprint density at radius 2 is 2.38 bits per heavy atom. The lowest BCUT2D eigenvalue weighted by Crippen LogP contribution is -2.37. The monoisotopic (exact) mass is 349 g/mol. The Kier molecular flexibility index (Phi) is 5.24. The summed E-state index contributed by atoms with van der Waals surface area (Å²) in [6.45, 7) is 1.80. The number of nitrogens with two attached hydrogens (primary N) is 1. The summed E-state index contributed by atoms with van der Waals surface area (Å²) in [6.07, 6.45) is 3.77. The van der Waals surface area contributed by atoms with Gasteiger partial charge in [-0.1, -0.05) is 0 Å². The first-order valence-electron chi connectivity index (χ1n) is 7.68. The van der Waals surface area contributed by atoms with Crippen molar-refractivity contribution in [1.29, 1.82) is 0 Å². The summed E-state index contributed by atoms with van der Waals surface area (Å²) in [5.74, 6) is -0.757. The van der Waals surface area contributed by atoms with E-state index in [0.717, 1.165) is 31.5 Å². The Bertz CT molecular complexity index is 720. The molecule has 0 radical (unpaired) electrons. The van der Waals surface area contributed by atoms with Crippen LogP contribution in [0.4, 0.5) is 5.13 Å². The summed E-state index contributed by atoms with van der Waals surface area (Å²) >= 11 is 1.31. The van der Waals surface area contributed by atoms with Crippen LogP contribution in [0.3, 0.4) is 0 Å². The van der Waals surface area contributed by atoms with Crippen LogP contribution in [0.15, 0.2) is 17.6 Å². The van der Waals surface area contributed by atoms with Crippen molar-refractivity contribution in [2.45, 2.75) is 18.9 Å². The van der Waals surface area contributed by atoms with E-state index in [-0.39, 0.29) is 18.6 Å². The number of aromatic nitrogens is 2. The fourth-order valence-corrected chi connectivity index (χ4v) is 3.20. The van der Waals surface area contributed by atoms with Crippen molar-refractivity contribution in [2.24, 2.45) is 5.73 Å². The van der Waals surface area contributed by atoms with Gasteiger partial charge in [-0.2, -0.15) is 0 Å². The first kappa shape index (κ1) is 16.6. The second kappa shape index (κ2) is 7.56. The second-order valence-electron chi connectivity index (χ2n) is 5.53. The Morgan fingerprint density at radius 3 is 3.08 bits per heavy atom. The average molecular weight is 349 g/mol. The largest absolute Gasteiger partial charge is 0.367 e. The molecule has 24 heavy (non-hydrogen) atoms. The van der Waals surface area contributed by atoms with Crippen molar-refractivity contribution in [2.75, 3.05) is 25.0 Å². The van der Waals surface area contributed by atoms with Gasteiger partial charge in [0.1, 0.15) is 12.3 Å². The van der Waals surface area contributed by atoms with Gasteiger partial charge in [0.15, 0.2) is 5.13 Å². The number of hydrogen-bond acceptors (Lipinski definition) is 6. The second-order valence-corrected chi connectivity index (χ2v) is 6.39. The van der Waals surface area contributed by atoms with E-state index < -0.39 is 5.91 Å². The van der Waals surface area contributed by atoms with E-state index in [0.29, 0.717) is 16.5 Å². The van der Waals surface area contributed by atoms with E-state index in [1.807, 2.05) is 0 Å². The number of nitrogens with zero attached hydrogens (tertiary/aromatic N) is 1. The third kappa shape index (κ3) is 4.19. The lowest BCUT2D eigenvalue weighted by atomic mass is 10.1. The molecule has 0 saturated carbocycles. The zero-order chi connectivity index (χ0) is 16.9. The van der Waals surface area contributed by atoms with Crippen LogP contribution in [0.25, 0.3) is 11.3 Å². The van der Waals surface area contributed by atoms with Crippen molar-refractivity contribution >= 4 is 28.3 Å². The summed E-state index contributed by atoms with van der Waals surface area (Å²) < 4.78 is 5.58. The van der Waals surface area contributed by atoms with Crippen molar-refractivity contribution in [3.05, 3.63) is 23.3 Å². The van der Waals surface area contributed by atoms with Crippen LogP contribution in [0.2, 0.25) is 0 Å². The molecule has 1 fully saturated rings. The van der Waals surface area contributed by atoms with Crippen molar-refractivity contribution in [3.8, 4) is 11.3 Å². The molecule has 1 aliphatic rings. The number of hydrogen-bond donors (Lipinski definition) is 4. The van der Waals surface area contributed by atoms with Crippen molar-refractivity contribution in [1.82, 2.24) is 15.3 Å². The molecule has 3 rings (SSSR count). The molecule has 8 nitrogen and oxygen atoms in total. The lowest BCUT2D eigenvalue weighted by Gasteiger charge is -2.22. The van der Waals surface area contributed by atoms with E-state index in [9.17, 15) is 9.59 Å². The predicted octanol–water partition coefficient (Wildman–Crippen LogP) is 0.944. The molecule has 0 aliphatic carbocycles. The number of rotatable bonds is 6. The average Bonchev–Trinajstić information content (AvgIpc) is 3.23. The van der Waals surface area contributed by atoms with Gasteiger partial charge in [0.25, 0.3) is 11.8 Å². The number of H-pyrrole nitrogens is 1. The van der Waals surface area contributed by atoms with E-state index in [4.69, 9.17) is 10.5 Å². The van der Waals surface area contributed by atoms with Gasteiger partial charge in [-0.15, -0.1) is 11.3 Å². The van der Waals surface area contributed by atoms with Crippen LogP contribution >= 0.6 is 11.3 Å². The molecule has 0 aromatic carbocycles. The van der Waals surface area contributed by atoms with Gasteiger partial charge < -0.3 is 20.8 Å². The number of thiazole rings is 1. The first-order chi connectivity index (χ1) is 11.6. The molecule has 1 atom stereocenters. The number of amides is 2. The number of nitrogens with one attached hydrogen (secondary N) is 3. The molecule has 1 saturated heterocycles. The SMILES string of the molecule is NC(=O)c1cc(-c2csc(NC(=O)COC3CCCNC3)n2)c[nH]1. The van der Waals surface area contributed by atoms with E-state index in [2.05, 4.69) is 20.6 Å². The highest BCUT2D eigenvalue weighted by atomic mass is 32.1. The predicted molar refractivity (Wildman–Crippen MR) is 90.9 cm³/mol. The number of piperidine rings is 1. The molecule has 2 amide bonds. The molecule has 0 spiro atoms. The maximum Gasteiger partial charge on any atom is 0.265 e. The van der Waals surface area contributed by atoms with Crippen molar-refractivity contribution in [3.63, 3.8) is 0 Å². The van der Waals surface area contributed by atoms with Crippen LogP contribution in [0.5, 0.6) is 0 Å². The van der Waals surface area contributed by atoms with E-state index in [1.165, 1.54) is 11.3 Å². The molecule has 0 bridgehead atoms. The van der Waals surface area contributed by atoms with Crippen LogP contribution in [0, 0.1) is 0 Å².